The van der Waals surface area contributed by atoms with Crippen LogP contribution < -0.4 is 15.2 Å². The molecule has 0 fully saturated rings. The number of aliphatic carboxylic acids is 1. The third-order valence-electron chi connectivity index (χ3n) is 4.92. The van der Waals surface area contributed by atoms with Gasteiger partial charge in [-0.3, -0.25) is 4.79 Å². The van der Waals surface area contributed by atoms with E-state index in [0.717, 1.165) is 0 Å². The van der Waals surface area contributed by atoms with Crippen LogP contribution in [-0.4, -0.2) is 60.0 Å². The van der Waals surface area contributed by atoms with Gasteiger partial charge in [-0.2, -0.15) is 0 Å². The molecule has 0 bridgehead atoms. The van der Waals surface area contributed by atoms with E-state index in [1.54, 1.807) is 20.8 Å². The minimum absolute atomic E-state index is 0.0514. The van der Waals surface area contributed by atoms with Crippen molar-refractivity contribution in [1.82, 2.24) is 0 Å². The highest BCUT2D eigenvalue weighted by molar-refractivity contribution is 5.79. The normalized spacial score (nSPS) is 14.2. The van der Waals surface area contributed by atoms with E-state index < -0.39 is 41.7 Å². The predicted molar refractivity (Wildman–Crippen MR) is 149 cm³/mol. The van der Waals surface area contributed by atoms with Crippen molar-refractivity contribution < 1.29 is 52.7 Å². The Morgan fingerprint density at radius 3 is 1.73 bits per heavy atom. The number of hydrogen-bond acceptors (Lipinski definition) is 11. The smallest absolute Gasteiger partial charge is 0.480 e. The van der Waals surface area contributed by atoms with Crippen molar-refractivity contribution in [1.29, 1.82) is 0 Å². The van der Waals surface area contributed by atoms with E-state index in [4.69, 9.17) is 34.2 Å². The molecule has 0 saturated carbocycles. The van der Waals surface area contributed by atoms with Gasteiger partial charge in [0.25, 0.3) is 0 Å². The van der Waals surface area contributed by atoms with Crippen LogP contribution in [0, 0.1) is 10.8 Å². The van der Waals surface area contributed by atoms with Crippen molar-refractivity contribution in [2.24, 2.45) is 16.6 Å². The number of carbonyl (C=O) groups excluding carboxylic acids is 3. The first-order valence-electron chi connectivity index (χ1n) is 13.2. The summed E-state index contributed by atoms with van der Waals surface area (Å²) in [6.07, 6.45) is -4.46. The third kappa shape index (κ3) is 14.6. The zero-order valence-electron chi connectivity index (χ0n) is 25.7. The number of carboxylic acid groups (broad SMARTS) is 1. The Kier molecular flexibility index (Phi) is 12.0. The lowest BCUT2D eigenvalue weighted by Crippen LogP contribution is -2.52. The number of rotatable bonds is 10. The molecule has 232 valence electrons. The largest absolute Gasteiger partial charge is 0.513 e. The molecule has 0 radical (unpaired) electrons. The number of carboxylic acids is 1. The highest BCUT2D eigenvalue weighted by Crippen LogP contribution is 2.32. The van der Waals surface area contributed by atoms with Gasteiger partial charge in [-0.25, -0.2) is 14.4 Å². The molecule has 2 atom stereocenters. The summed E-state index contributed by atoms with van der Waals surface area (Å²) in [5, 5.41) is 9.93. The molecule has 41 heavy (non-hydrogen) atoms. The first-order valence-corrected chi connectivity index (χ1v) is 13.2. The molecule has 0 aliphatic rings. The van der Waals surface area contributed by atoms with Gasteiger partial charge in [-0.05, 0) is 56.2 Å². The molecule has 0 amide bonds. The van der Waals surface area contributed by atoms with Crippen molar-refractivity contribution in [2.45, 2.75) is 99.3 Å². The first-order chi connectivity index (χ1) is 18.5. The Bertz CT molecular complexity index is 1080. The van der Waals surface area contributed by atoms with Crippen LogP contribution in [0.25, 0.3) is 0 Å². The molecule has 0 spiro atoms. The van der Waals surface area contributed by atoms with Gasteiger partial charge in [0.2, 0.25) is 0 Å². The lowest BCUT2D eigenvalue weighted by atomic mass is 9.86. The van der Waals surface area contributed by atoms with Gasteiger partial charge in [-0.15, -0.1) is 0 Å². The molecule has 0 aliphatic carbocycles. The Morgan fingerprint density at radius 2 is 1.29 bits per heavy atom. The molecule has 0 aromatic heterocycles. The third-order valence-corrected chi connectivity index (χ3v) is 4.92. The van der Waals surface area contributed by atoms with Crippen LogP contribution in [-0.2, 0) is 30.2 Å². The molecule has 3 N–H and O–H groups in total. The fourth-order valence-corrected chi connectivity index (χ4v) is 3.21. The van der Waals surface area contributed by atoms with Crippen molar-refractivity contribution in [3.8, 4) is 11.5 Å². The standard InChI is InChI=1S/C29H45NO11/c1-18(38-25(35)41-28(8,9)10)14-29(30,22(31)32)15-19-11-12-20(39-23(33)36-16-26(2,3)4)21(13-19)40-24(34)37-17-27(5,6)7/h11-13,18H,14-17,30H2,1-10H3,(H,31,32)/t18-,29?/m0/s1. The number of hydrogen-bond donors (Lipinski definition) is 2. The fourth-order valence-electron chi connectivity index (χ4n) is 3.21. The predicted octanol–water partition coefficient (Wildman–Crippen LogP) is 5.86. The first kappa shape index (κ1) is 35.5. The highest BCUT2D eigenvalue weighted by Gasteiger charge is 2.38. The Morgan fingerprint density at radius 1 is 0.805 bits per heavy atom. The van der Waals surface area contributed by atoms with Gasteiger partial charge >= 0.3 is 24.4 Å². The highest BCUT2D eigenvalue weighted by atomic mass is 16.7. The van der Waals surface area contributed by atoms with E-state index in [-0.39, 0.29) is 48.4 Å². The molecule has 0 heterocycles. The zero-order chi connectivity index (χ0) is 31.8. The summed E-state index contributed by atoms with van der Waals surface area (Å²) in [5.74, 6) is -1.71. The molecule has 12 nitrogen and oxygen atoms in total. The van der Waals surface area contributed by atoms with E-state index in [9.17, 15) is 24.3 Å². The van der Waals surface area contributed by atoms with Crippen LogP contribution in [0.5, 0.6) is 11.5 Å². The number of nitrogens with two attached hydrogens (primary N) is 1. The van der Waals surface area contributed by atoms with Crippen molar-refractivity contribution in [3.63, 3.8) is 0 Å². The van der Waals surface area contributed by atoms with Crippen molar-refractivity contribution >= 4 is 24.4 Å². The summed E-state index contributed by atoms with van der Waals surface area (Å²) in [5.41, 5.74) is 3.24. The maximum Gasteiger partial charge on any atom is 0.513 e. The Labute approximate surface area is 241 Å². The summed E-state index contributed by atoms with van der Waals surface area (Å²) in [7, 11) is 0. The van der Waals surface area contributed by atoms with Gasteiger partial charge in [-0.1, -0.05) is 47.6 Å². The molecule has 1 unspecified atom stereocenters. The maximum atomic E-state index is 12.4. The van der Waals surface area contributed by atoms with Crippen LogP contribution >= 0.6 is 0 Å². The lowest BCUT2D eigenvalue weighted by Gasteiger charge is -2.28. The van der Waals surface area contributed by atoms with Crippen molar-refractivity contribution in [2.75, 3.05) is 13.2 Å². The average molecular weight is 584 g/mol. The Balaban J connectivity index is 3.20. The molecule has 0 saturated heterocycles. The van der Waals surface area contributed by atoms with Gasteiger partial charge in [0, 0.05) is 12.8 Å². The second kappa shape index (κ2) is 13.9. The second-order valence-electron chi connectivity index (χ2n) is 13.4. The van der Waals surface area contributed by atoms with Crippen LogP contribution in [0.2, 0.25) is 0 Å². The second-order valence-corrected chi connectivity index (χ2v) is 13.4. The molecule has 1 aromatic carbocycles. The van der Waals surface area contributed by atoms with Gasteiger partial charge in [0.05, 0.1) is 13.2 Å². The summed E-state index contributed by atoms with van der Waals surface area (Å²) >= 11 is 0. The minimum Gasteiger partial charge on any atom is -0.480 e. The van der Waals surface area contributed by atoms with E-state index >= 15 is 0 Å². The van der Waals surface area contributed by atoms with E-state index in [1.165, 1.54) is 25.1 Å². The number of carbonyl (C=O) groups is 4. The molecule has 12 heteroatoms. The molecular formula is C29H45NO11. The topological polar surface area (TPSA) is 170 Å². The van der Waals surface area contributed by atoms with Gasteiger partial charge in [0.15, 0.2) is 11.5 Å². The monoisotopic (exact) mass is 583 g/mol. The SMILES string of the molecule is C[C@@H](CC(N)(Cc1ccc(OC(=O)OCC(C)(C)C)c(OC(=O)OCC(C)(C)C)c1)C(=O)O)OC(=O)OC(C)(C)C. The van der Waals surface area contributed by atoms with Crippen LogP contribution in [0.15, 0.2) is 18.2 Å². The van der Waals surface area contributed by atoms with E-state index in [0.29, 0.717) is 5.56 Å². The van der Waals surface area contributed by atoms with Gasteiger partial charge in [0.1, 0.15) is 17.2 Å². The van der Waals surface area contributed by atoms with E-state index in [2.05, 4.69) is 0 Å². The zero-order valence-corrected chi connectivity index (χ0v) is 25.7. The van der Waals surface area contributed by atoms with Crippen LogP contribution in [0.4, 0.5) is 14.4 Å². The Hall–Kier alpha value is -3.54. The molecule has 1 aromatic rings. The number of benzene rings is 1. The number of ether oxygens (including phenoxy) is 6. The summed E-state index contributed by atoms with van der Waals surface area (Å²) < 4.78 is 31.2. The molecule has 0 aliphatic heterocycles. The van der Waals surface area contributed by atoms with Crippen molar-refractivity contribution in [3.05, 3.63) is 23.8 Å². The van der Waals surface area contributed by atoms with Gasteiger partial charge < -0.3 is 39.3 Å². The maximum absolute atomic E-state index is 12.4. The molecular weight excluding hydrogens is 538 g/mol. The minimum atomic E-state index is -1.89. The fraction of sp³-hybridized carbons (Fsp3) is 0.655. The summed E-state index contributed by atoms with van der Waals surface area (Å²) in [6, 6.07) is 4.10. The van der Waals surface area contributed by atoms with E-state index in [1.807, 2.05) is 41.5 Å². The summed E-state index contributed by atoms with van der Waals surface area (Å²) in [6.45, 7) is 17.8. The quantitative estimate of drug-likeness (QED) is 0.191. The molecule has 1 rings (SSSR count). The van der Waals surface area contributed by atoms with Crippen LogP contribution in [0.1, 0.15) is 81.2 Å². The lowest BCUT2D eigenvalue weighted by molar-refractivity contribution is -0.145. The van der Waals surface area contributed by atoms with Crippen LogP contribution in [0.3, 0.4) is 0 Å². The average Bonchev–Trinajstić information content (AvgIpc) is 2.75. The summed E-state index contributed by atoms with van der Waals surface area (Å²) in [4.78, 5) is 48.9.